The lowest BCUT2D eigenvalue weighted by Crippen LogP contribution is -1.91. The van der Waals surface area contributed by atoms with Crippen molar-refractivity contribution in [3.63, 3.8) is 0 Å². The van der Waals surface area contributed by atoms with E-state index in [2.05, 4.69) is 30.1 Å². The number of nitrogens with one attached hydrogen (secondary N) is 2. The molecule has 2 N–H and O–H groups in total. The summed E-state index contributed by atoms with van der Waals surface area (Å²) in [6, 6.07) is 13.8. The molecular formula is C22H16N8. The van der Waals surface area contributed by atoms with Gasteiger partial charge in [0, 0.05) is 17.8 Å². The molecule has 0 amide bonds. The lowest BCUT2D eigenvalue weighted by molar-refractivity contribution is 1.06. The van der Waals surface area contributed by atoms with Crippen LogP contribution >= 0.6 is 0 Å². The Bertz CT molecular complexity index is 1510. The van der Waals surface area contributed by atoms with E-state index in [1.807, 2.05) is 60.2 Å². The highest BCUT2D eigenvalue weighted by atomic mass is 15.1. The molecule has 30 heavy (non-hydrogen) atoms. The van der Waals surface area contributed by atoms with Gasteiger partial charge in [-0.05, 0) is 37.3 Å². The lowest BCUT2D eigenvalue weighted by Gasteiger charge is -2.01. The van der Waals surface area contributed by atoms with Gasteiger partial charge in [0.15, 0.2) is 5.82 Å². The molecule has 0 aliphatic carbocycles. The monoisotopic (exact) mass is 392 g/mol. The van der Waals surface area contributed by atoms with Crippen LogP contribution in [0.15, 0.2) is 67.4 Å². The molecule has 0 saturated heterocycles. The molecule has 0 spiro atoms. The summed E-state index contributed by atoms with van der Waals surface area (Å²) in [4.78, 5) is 21.5. The van der Waals surface area contributed by atoms with Gasteiger partial charge >= 0.3 is 0 Å². The summed E-state index contributed by atoms with van der Waals surface area (Å²) in [5, 5.41) is 8.49. The standard InChI is InChI=1S/C22H16N8/c1-13-11-30(12-25-13)19-7-4-6-16-21(19)27-22(26-16)20-14-9-17(15-5-2-3-8-23-15)24-10-18(14)28-29-20/h2-12H,1H3,(H,26,27)(H,28,29). The van der Waals surface area contributed by atoms with Crippen molar-refractivity contribution in [1.29, 1.82) is 0 Å². The normalized spacial score (nSPS) is 11.5. The number of fused-ring (bicyclic) bond motifs is 2. The molecule has 5 aromatic heterocycles. The third-order valence-electron chi connectivity index (χ3n) is 5.08. The summed E-state index contributed by atoms with van der Waals surface area (Å²) in [5.74, 6) is 0.693. The number of para-hydroxylation sites is 1. The highest BCUT2D eigenvalue weighted by Crippen LogP contribution is 2.30. The largest absolute Gasteiger partial charge is 0.336 e. The van der Waals surface area contributed by atoms with Gasteiger partial charge < -0.3 is 9.55 Å². The van der Waals surface area contributed by atoms with Crippen molar-refractivity contribution >= 4 is 21.9 Å². The molecule has 6 rings (SSSR count). The number of aromatic nitrogens is 8. The molecule has 0 radical (unpaired) electrons. The number of hydrogen-bond donors (Lipinski definition) is 2. The Balaban J connectivity index is 1.52. The second kappa shape index (κ2) is 6.35. The quantitative estimate of drug-likeness (QED) is 0.473. The van der Waals surface area contributed by atoms with Gasteiger partial charge in [-0.1, -0.05) is 12.1 Å². The molecular weight excluding hydrogens is 376 g/mol. The summed E-state index contributed by atoms with van der Waals surface area (Å²) >= 11 is 0. The number of H-pyrrole nitrogens is 2. The Morgan fingerprint density at radius 3 is 2.73 bits per heavy atom. The number of benzene rings is 1. The summed E-state index contributed by atoms with van der Waals surface area (Å²) in [6.45, 7) is 1.97. The Labute approximate surface area is 170 Å². The average Bonchev–Trinajstić information content (AvgIpc) is 3.51. The first-order valence-electron chi connectivity index (χ1n) is 9.52. The Kier molecular flexibility index (Phi) is 3.51. The van der Waals surface area contributed by atoms with Crippen molar-refractivity contribution in [1.82, 2.24) is 39.7 Å². The van der Waals surface area contributed by atoms with Gasteiger partial charge in [-0.25, -0.2) is 9.97 Å². The molecule has 5 heterocycles. The van der Waals surface area contributed by atoms with Crippen molar-refractivity contribution in [2.45, 2.75) is 6.92 Å². The van der Waals surface area contributed by atoms with Crippen LogP contribution in [0, 0.1) is 6.92 Å². The number of aromatic amines is 2. The van der Waals surface area contributed by atoms with Crippen LogP contribution in [0.5, 0.6) is 0 Å². The van der Waals surface area contributed by atoms with Crippen LogP contribution in [0.2, 0.25) is 0 Å². The maximum atomic E-state index is 4.87. The van der Waals surface area contributed by atoms with Crippen LogP contribution in [0.3, 0.4) is 0 Å². The maximum absolute atomic E-state index is 4.87. The van der Waals surface area contributed by atoms with Gasteiger partial charge in [0.2, 0.25) is 0 Å². The molecule has 0 aliphatic rings. The minimum atomic E-state index is 0.693. The SMILES string of the molecule is Cc1cn(-c2cccc3[nH]c(-c4n[nH]c5cnc(-c6ccccn6)cc45)nc23)cn1. The Morgan fingerprint density at radius 1 is 0.933 bits per heavy atom. The molecule has 0 fully saturated rings. The average molecular weight is 392 g/mol. The molecule has 0 saturated carbocycles. The van der Waals surface area contributed by atoms with Crippen molar-refractivity contribution in [3.05, 3.63) is 73.1 Å². The zero-order valence-electron chi connectivity index (χ0n) is 16.0. The van der Waals surface area contributed by atoms with E-state index >= 15 is 0 Å². The highest BCUT2D eigenvalue weighted by molar-refractivity contribution is 5.95. The van der Waals surface area contributed by atoms with Crippen LogP contribution < -0.4 is 0 Å². The summed E-state index contributed by atoms with van der Waals surface area (Å²) < 4.78 is 1.98. The third kappa shape index (κ3) is 2.58. The molecule has 8 nitrogen and oxygen atoms in total. The number of imidazole rings is 2. The van der Waals surface area contributed by atoms with E-state index in [1.54, 1.807) is 18.7 Å². The fourth-order valence-corrected chi connectivity index (χ4v) is 3.64. The summed E-state index contributed by atoms with van der Waals surface area (Å²) in [7, 11) is 0. The Morgan fingerprint density at radius 2 is 1.90 bits per heavy atom. The van der Waals surface area contributed by atoms with Crippen molar-refractivity contribution in [2.75, 3.05) is 0 Å². The summed E-state index contributed by atoms with van der Waals surface area (Å²) in [5.41, 5.74) is 6.90. The summed E-state index contributed by atoms with van der Waals surface area (Å²) in [6.07, 6.45) is 7.32. The van der Waals surface area contributed by atoms with Crippen LogP contribution in [0.25, 0.3) is 50.5 Å². The smallest absolute Gasteiger partial charge is 0.159 e. The van der Waals surface area contributed by atoms with E-state index < -0.39 is 0 Å². The fourth-order valence-electron chi connectivity index (χ4n) is 3.64. The van der Waals surface area contributed by atoms with E-state index in [4.69, 9.17) is 4.98 Å². The number of rotatable bonds is 3. The van der Waals surface area contributed by atoms with Gasteiger partial charge in [-0.3, -0.25) is 15.1 Å². The van der Waals surface area contributed by atoms with E-state index in [9.17, 15) is 0 Å². The molecule has 0 atom stereocenters. The number of aryl methyl sites for hydroxylation is 1. The molecule has 144 valence electrons. The predicted molar refractivity (Wildman–Crippen MR) is 114 cm³/mol. The van der Waals surface area contributed by atoms with E-state index in [0.29, 0.717) is 5.82 Å². The number of pyridine rings is 2. The van der Waals surface area contributed by atoms with E-state index in [1.165, 1.54) is 0 Å². The molecule has 0 bridgehead atoms. The first kappa shape index (κ1) is 16.6. The third-order valence-corrected chi connectivity index (χ3v) is 5.08. The van der Waals surface area contributed by atoms with Gasteiger partial charge in [0.05, 0.1) is 46.3 Å². The van der Waals surface area contributed by atoms with Crippen LogP contribution in [-0.2, 0) is 0 Å². The second-order valence-corrected chi connectivity index (χ2v) is 7.08. The molecule has 6 aromatic rings. The fraction of sp³-hybridized carbons (Fsp3) is 0.0455. The zero-order valence-corrected chi connectivity index (χ0v) is 16.0. The Hall–Kier alpha value is -4.33. The number of hydrogen-bond acceptors (Lipinski definition) is 5. The molecule has 1 aromatic carbocycles. The molecule has 0 aliphatic heterocycles. The minimum Gasteiger partial charge on any atom is -0.336 e. The molecule has 8 heteroatoms. The van der Waals surface area contributed by atoms with Crippen molar-refractivity contribution in [3.8, 4) is 28.6 Å². The van der Waals surface area contributed by atoms with E-state index in [-0.39, 0.29) is 0 Å². The van der Waals surface area contributed by atoms with Crippen molar-refractivity contribution in [2.24, 2.45) is 0 Å². The lowest BCUT2D eigenvalue weighted by atomic mass is 10.1. The van der Waals surface area contributed by atoms with Crippen LogP contribution in [0.1, 0.15) is 5.69 Å². The topological polar surface area (TPSA) is 101 Å². The van der Waals surface area contributed by atoms with Gasteiger partial charge in [-0.2, -0.15) is 5.10 Å². The second-order valence-electron chi connectivity index (χ2n) is 7.08. The van der Waals surface area contributed by atoms with Crippen LogP contribution in [0.4, 0.5) is 0 Å². The van der Waals surface area contributed by atoms with Gasteiger partial charge in [-0.15, -0.1) is 0 Å². The minimum absolute atomic E-state index is 0.693. The van der Waals surface area contributed by atoms with Crippen LogP contribution in [-0.4, -0.2) is 39.7 Å². The number of nitrogens with zero attached hydrogens (tertiary/aromatic N) is 6. The van der Waals surface area contributed by atoms with E-state index in [0.717, 1.165) is 50.4 Å². The zero-order chi connectivity index (χ0) is 20.1. The molecule has 0 unspecified atom stereocenters. The maximum Gasteiger partial charge on any atom is 0.159 e. The highest BCUT2D eigenvalue weighted by Gasteiger charge is 2.16. The predicted octanol–water partition coefficient (Wildman–Crippen LogP) is 4.06. The van der Waals surface area contributed by atoms with Gasteiger partial charge in [0.1, 0.15) is 11.2 Å². The first-order valence-corrected chi connectivity index (χ1v) is 9.52. The van der Waals surface area contributed by atoms with Gasteiger partial charge in [0.25, 0.3) is 0 Å². The van der Waals surface area contributed by atoms with Crippen molar-refractivity contribution < 1.29 is 0 Å². The first-order chi connectivity index (χ1) is 14.8.